The second kappa shape index (κ2) is 4.92. The highest BCUT2D eigenvalue weighted by Gasteiger charge is 2.64. The van der Waals surface area contributed by atoms with Crippen LogP contribution < -0.4 is 16.8 Å². The van der Waals surface area contributed by atoms with E-state index in [0.717, 1.165) is 36.8 Å². The number of fused-ring (bicyclic) bond motifs is 1. The van der Waals surface area contributed by atoms with E-state index in [-0.39, 0.29) is 5.91 Å². The number of hydrogen-bond acceptors (Lipinski definition) is 4. The molecule has 4 unspecified atom stereocenters. The Labute approximate surface area is 133 Å². The fourth-order valence-corrected chi connectivity index (χ4v) is 5.60. The summed E-state index contributed by atoms with van der Waals surface area (Å²) in [5.41, 5.74) is 12.1. The van der Waals surface area contributed by atoms with Crippen LogP contribution in [-0.4, -0.2) is 49.1 Å². The Bertz CT molecular complexity index is 469. The first kappa shape index (κ1) is 14.9. The average Bonchev–Trinajstić information content (AvgIpc) is 3.11. The van der Waals surface area contributed by atoms with Crippen molar-refractivity contribution in [2.45, 2.75) is 50.7 Å². The Morgan fingerprint density at radius 3 is 2.73 bits per heavy atom. The Balaban J connectivity index is 1.35. The Morgan fingerprint density at radius 1 is 1.41 bits per heavy atom. The number of likely N-dealkylation sites (tertiary alicyclic amines) is 1. The summed E-state index contributed by atoms with van der Waals surface area (Å²) in [6, 6.07) is 0.392. The molecule has 0 aromatic carbocycles. The molecule has 6 atom stereocenters. The van der Waals surface area contributed by atoms with Crippen molar-refractivity contribution in [2.75, 3.05) is 20.1 Å². The van der Waals surface area contributed by atoms with Crippen LogP contribution in [0.3, 0.4) is 0 Å². The normalized spacial score (nSPS) is 50.9. The topological polar surface area (TPSA) is 84.4 Å². The highest BCUT2D eigenvalue weighted by Crippen LogP contribution is 2.63. The SMILES string of the molecule is C[C@H](N)C(=O)N[C@H]1CN(C)CC12CC2CC1CC2C(N)C2C1. The molecule has 0 bridgehead atoms. The molecule has 1 spiro atoms. The van der Waals surface area contributed by atoms with Crippen molar-refractivity contribution in [1.29, 1.82) is 0 Å². The quantitative estimate of drug-likeness (QED) is 0.690. The van der Waals surface area contributed by atoms with Gasteiger partial charge >= 0.3 is 0 Å². The van der Waals surface area contributed by atoms with Crippen LogP contribution in [0.1, 0.15) is 32.6 Å². The van der Waals surface area contributed by atoms with Crippen LogP contribution in [0, 0.1) is 29.1 Å². The van der Waals surface area contributed by atoms with Gasteiger partial charge in [-0.25, -0.2) is 0 Å². The summed E-state index contributed by atoms with van der Waals surface area (Å²) in [6.45, 7) is 3.86. The highest BCUT2D eigenvalue weighted by atomic mass is 16.2. The van der Waals surface area contributed by atoms with Gasteiger partial charge in [0, 0.05) is 30.6 Å². The first-order valence-electron chi connectivity index (χ1n) is 8.91. The molecular weight excluding hydrogens is 276 g/mol. The van der Waals surface area contributed by atoms with Gasteiger partial charge in [-0.05, 0) is 63.3 Å². The molecule has 1 amide bonds. The monoisotopic (exact) mass is 306 g/mol. The number of nitrogens with one attached hydrogen (secondary N) is 1. The zero-order valence-electron chi connectivity index (χ0n) is 13.8. The lowest BCUT2D eigenvalue weighted by Crippen LogP contribution is -2.48. The molecule has 3 saturated carbocycles. The minimum absolute atomic E-state index is 0.00147. The molecule has 1 aliphatic heterocycles. The van der Waals surface area contributed by atoms with Crippen molar-refractivity contribution in [3.63, 3.8) is 0 Å². The third-order valence-electron chi connectivity index (χ3n) is 6.99. The molecule has 124 valence electrons. The van der Waals surface area contributed by atoms with Crippen LogP contribution in [0.15, 0.2) is 0 Å². The standard InChI is InChI=1S/C17H30N4O/c1-9(18)16(22)20-14-7-21(2)8-17(14)6-11(17)3-10-4-12-13(5-10)15(12)19/h9-15H,3-8,18-19H2,1-2H3,(H,20,22)/t9-,10?,11?,12?,13?,14-,15?,17?/m0/s1. The summed E-state index contributed by atoms with van der Waals surface area (Å²) < 4.78 is 0. The van der Waals surface area contributed by atoms with Crippen LogP contribution in [-0.2, 0) is 4.79 Å². The van der Waals surface area contributed by atoms with Gasteiger partial charge in [-0.2, -0.15) is 0 Å². The zero-order chi connectivity index (χ0) is 15.6. The molecule has 1 saturated heterocycles. The molecule has 5 N–H and O–H groups in total. The smallest absolute Gasteiger partial charge is 0.236 e. The molecule has 4 rings (SSSR count). The van der Waals surface area contributed by atoms with E-state index in [1.54, 1.807) is 6.92 Å². The predicted molar refractivity (Wildman–Crippen MR) is 85.9 cm³/mol. The maximum Gasteiger partial charge on any atom is 0.236 e. The largest absolute Gasteiger partial charge is 0.350 e. The maximum atomic E-state index is 12.0. The number of hydrogen-bond donors (Lipinski definition) is 3. The number of carbonyl (C=O) groups excluding carboxylic acids is 1. The summed E-state index contributed by atoms with van der Waals surface area (Å²) in [6.07, 6.45) is 5.33. The average molecular weight is 306 g/mol. The van der Waals surface area contributed by atoms with E-state index in [0.29, 0.717) is 17.5 Å². The van der Waals surface area contributed by atoms with Crippen molar-refractivity contribution in [3.8, 4) is 0 Å². The van der Waals surface area contributed by atoms with Crippen molar-refractivity contribution in [2.24, 2.45) is 40.6 Å². The zero-order valence-corrected chi connectivity index (χ0v) is 13.8. The number of nitrogens with two attached hydrogens (primary N) is 2. The second-order valence-electron chi connectivity index (χ2n) is 8.66. The van der Waals surface area contributed by atoms with E-state index in [1.165, 1.54) is 25.7 Å². The number of likely N-dealkylation sites (N-methyl/N-ethyl adjacent to an activating group) is 1. The van der Waals surface area contributed by atoms with Crippen molar-refractivity contribution < 1.29 is 4.79 Å². The molecule has 5 nitrogen and oxygen atoms in total. The van der Waals surface area contributed by atoms with Gasteiger partial charge in [-0.3, -0.25) is 4.79 Å². The van der Waals surface area contributed by atoms with E-state index in [4.69, 9.17) is 11.5 Å². The summed E-state index contributed by atoms with van der Waals surface area (Å²) in [5, 5.41) is 3.22. The number of carbonyl (C=O) groups is 1. The Kier molecular flexibility index (Phi) is 3.34. The molecule has 22 heavy (non-hydrogen) atoms. The number of rotatable bonds is 4. The molecule has 4 fully saturated rings. The molecule has 1 heterocycles. The third kappa shape index (κ3) is 2.29. The fraction of sp³-hybridized carbons (Fsp3) is 0.941. The van der Waals surface area contributed by atoms with Gasteiger partial charge in [-0.15, -0.1) is 0 Å². The van der Waals surface area contributed by atoms with E-state index >= 15 is 0 Å². The van der Waals surface area contributed by atoms with Crippen LogP contribution in [0.4, 0.5) is 0 Å². The lowest BCUT2D eigenvalue weighted by Gasteiger charge is -2.23. The molecule has 5 heteroatoms. The van der Waals surface area contributed by atoms with Gasteiger partial charge < -0.3 is 21.7 Å². The predicted octanol–water partition coefficient (Wildman–Crippen LogP) is 0.144. The molecule has 0 aromatic heterocycles. The van der Waals surface area contributed by atoms with Gasteiger partial charge in [0.05, 0.1) is 6.04 Å². The Morgan fingerprint density at radius 2 is 2.09 bits per heavy atom. The fourth-order valence-electron chi connectivity index (χ4n) is 5.60. The van der Waals surface area contributed by atoms with Crippen LogP contribution in [0.5, 0.6) is 0 Å². The van der Waals surface area contributed by atoms with Gasteiger partial charge in [0.2, 0.25) is 5.91 Å². The van der Waals surface area contributed by atoms with Crippen molar-refractivity contribution in [1.82, 2.24) is 10.2 Å². The third-order valence-corrected chi connectivity index (χ3v) is 6.99. The second-order valence-corrected chi connectivity index (χ2v) is 8.66. The van der Waals surface area contributed by atoms with Crippen LogP contribution in [0.25, 0.3) is 0 Å². The summed E-state index contributed by atoms with van der Waals surface area (Å²) in [7, 11) is 2.17. The lowest BCUT2D eigenvalue weighted by molar-refractivity contribution is -0.123. The van der Waals surface area contributed by atoms with Crippen molar-refractivity contribution in [3.05, 3.63) is 0 Å². The van der Waals surface area contributed by atoms with Gasteiger partial charge in [0.25, 0.3) is 0 Å². The number of amides is 1. The summed E-state index contributed by atoms with van der Waals surface area (Å²) in [5.74, 6) is 3.34. The van der Waals surface area contributed by atoms with Gasteiger partial charge in [0.15, 0.2) is 0 Å². The lowest BCUT2D eigenvalue weighted by atomic mass is 9.89. The summed E-state index contributed by atoms with van der Waals surface area (Å²) >= 11 is 0. The molecule has 0 aromatic rings. The van der Waals surface area contributed by atoms with Crippen LogP contribution >= 0.6 is 0 Å². The van der Waals surface area contributed by atoms with Crippen molar-refractivity contribution >= 4 is 5.91 Å². The summed E-state index contributed by atoms with van der Waals surface area (Å²) in [4.78, 5) is 14.4. The van der Waals surface area contributed by atoms with E-state index in [9.17, 15) is 4.79 Å². The Hall–Kier alpha value is -0.650. The molecule has 0 radical (unpaired) electrons. The van der Waals surface area contributed by atoms with Gasteiger partial charge in [0.1, 0.15) is 0 Å². The van der Waals surface area contributed by atoms with E-state index in [1.807, 2.05) is 0 Å². The first-order chi connectivity index (χ1) is 10.4. The highest BCUT2D eigenvalue weighted by molar-refractivity contribution is 5.81. The van der Waals surface area contributed by atoms with E-state index < -0.39 is 6.04 Å². The molecule has 4 aliphatic rings. The first-order valence-corrected chi connectivity index (χ1v) is 8.91. The van der Waals surface area contributed by atoms with E-state index in [2.05, 4.69) is 17.3 Å². The van der Waals surface area contributed by atoms with Gasteiger partial charge in [-0.1, -0.05) is 0 Å². The minimum Gasteiger partial charge on any atom is -0.350 e. The molecular formula is C17H30N4O. The minimum atomic E-state index is -0.413. The number of nitrogens with zero attached hydrogens (tertiary/aromatic N) is 1. The molecule has 3 aliphatic carbocycles. The maximum absolute atomic E-state index is 12.0. The van der Waals surface area contributed by atoms with Crippen LogP contribution in [0.2, 0.25) is 0 Å².